The highest BCUT2D eigenvalue weighted by Gasteiger charge is 2.37. The molecule has 1 saturated carbocycles. The van der Waals surface area contributed by atoms with E-state index in [2.05, 4.69) is 15.3 Å². The molecule has 26 heavy (non-hydrogen) atoms. The lowest BCUT2D eigenvalue weighted by atomic mass is 9.76. The highest BCUT2D eigenvalue weighted by Crippen LogP contribution is 2.38. The fourth-order valence-electron chi connectivity index (χ4n) is 3.89. The minimum absolute atomic E-state index is 0.178. The number of nitrogens with one attached hydrogen (secondary N) is 1. The summed E-state index contributed by atoms with van der Waals surface area (Å²) in [6.07, 6.45) is 5.71. The maximum Gasteiger partial charge on any atom is 0.257 e. The average molecular weight is 353 g/mol. The van der Waals surface area contributed by atoms with Crippen molar-refractivity contribution in [1.29, 1.82) is 0 Å². The van der Waals surface area contributed by atoms with Gasteiger partial charge in [0.15, 0.2) is 0 Å². The molecule has 2 heterocycles. The molecule has 1 atom stereocenters. The molecule has 0 saturated heterocycles. The topological polar surface area (TPSA) is 84.3 Å². The number of ether oxygens (including phenoxy) is 1. The van der Waals surface area contributed by atoms with Gasteiger partial charge in [-0.05, 0) is 61.8 Å². The number of pyridine rings is 2. The first kappa shape index (κ1) is 17.0. The Morgan fingerprint density at radius 3 is 2.88 bits per heavy atom. The van der Waals surface area contributed by atoms with Gasteiger partial charge in [0.05, 0.1) is 24.9 Å². The van der Waals surface area contributed by atoms with E-state index in [9.17, 15) is 9.90 Å². The molecule has 6 nitrogen and oxygen atoms in total. The molecule has 0 radical (unpaired) electrons. The highest BCUT2D eigenvalue weighted by molar-refractivity contribution is 5.97. The molecule has 2 aromatic heterocycles. The summed E-state index contributed by atoms with van der Waals surface area (Å²) in [5.41, 5.74) is 3.44. The van der Waals surface area contributed by atoms with Crippen molar-refractivity contribution in [2.75, 3.05) is 7.11 Å². The molecule has 0 unspecified atom stereocenters. The van der Waals surface area contributed by atoms with Crippen LogP contribution in [-0.2, 0) is 12.8 Å². The van der Waals surface area contributed by atoms with Crippen LogP contribution in [0, 0.1) is 5.92 Å². The molecule has 2 N–H and O–H groups in total. The van der Waals surface area contributed by atoms with Crippen LogP contribution >= 0.6 is 0 Å². The van der Waals surface area contributed by atoms with Crippen LogP contribution in [-0.4, -0.2) is 34.2 Å². The Balaban J connectivity index is 1.61. The number of hydrogen-bond acceptors (Lipinski definition) is 5. The first-order valence-electron chi connectivity index (χ1n) is 9.12. The summed E-state index contributed by atoms with van der Waals surface area (Å²) in [5, 5.41) is 12.8. The third-order valence-electron chi connectivity index (χ3n) is 5.37. The van der Waals surface area contributed by atoms with Crippen molar-refractivity contribution in [2.24, 2.45) is 5.92 Å². The Hall–Kier alpha value is -2.47. The monoisotopic (exact) mass is 353 g/mol. The molecule has 2 aromatic rings. The van der Waals surface area contributed by atoms with E-state index in [0.717, 1.165) is 36.2 Å². The van der Waals surface area contributed by atoms with Crippen LogP contribution in [0.2, 0.25) is 0 Å². The van der Waals surface area contributed by atoms with E-state index in [1.807, 2.05) is 24.3 Å². The Bertz CT molecular complexity index is 803. The molecule has 2 aliphatic rings. The van der Waals surface area contributed by atoms with Gasteiger partial charge in [0.1, 0.15) is 5.56 Å². The quantitative estimate of drug-likeness (QED) is 0.861. The van der Waals surface area contributed by atoms with Gasteiger partial charge in [-0.25, -0.2) is 4.98 Å². The van der Waals surface area contributed by atoms with Crippen molar-refractivity contribution in [3.63, 3.8) is 0 Å². The predicted molar refractivity (Wildman–Crippen MR) is 96.0 cm³/mol. The van der Waals surface area contributed by atoms with Crippen LogP contribution < -0.4 is 10.1 Å². The molecule has 0 aromatic carbocycles. The third kappa shape index (κ3) is 3.17. The number of aromatic nitrogens is 2. The lowest BCUT2D eigenvalue weighted by Gasteiger charge is -2.37. The largest absolute Gasteiger partial charge is 0.480 e. The van der Waals surface area contributed by atoms with Gasteiger partial charge in [-0.1, -0.05) is 6.07 Å². The van der Waals surface area contributed by atoms with Crippen LogP contribution in [0.25, 0.3) is 0 Å². The van der Waals surface area contributed by atoms with Gasteiger partial charge in [-0.15, -0.1) is 0 Å². The number of aryl methyl sites for hydroxylation is 2. The summed E-state index contributed by atoms with van der Waals surface area (Å²) in [4.78, 5) is 21.9. The van der Waals surface area contributed by atoms with E-state index < -0.39 is 0 Å². The predicted octanol–water partition coefficient (Wildman–Crippen LogP) is 2.22. The second-order valence-electron chi connectivity index (χ2n) is 7.10. The first-order chi connectivity index (χ1) is 12.7. The molecule has 1 amide bonds. The summed E-state index contributed by atoms with van der Waals surface area (Å²) >= 11 is 0. The smallest absolute Gasteiger partial charge is 0.257 e. The van der Waals surface area contributed by atoms with Crippen LogP contribution in [0.5, 0.6) is 5.88 Å². The maximum atomic E-state index is 13.0. The minimum Gasteiger partial charge on any atom is -0.480 e. The molecular weight excluding hydrogens is 330 g/mol. The van der Waals surface area contributed by atoms with E-state index in [0.29, 0.717) is 24.3 Å². The van der Waals surface area contributed by atoms with Gasteiger partial charge in [0.25, 0.3) is 5.91 Å². The van der Waals surface area contributed by atoms with Gasteiger partial charge in [-0.2, -0.15) is 0 Å². The summed E-state index contributed by atoms with van der Waals surface area (Å²) in [7, 11) is 1.54. The standard InChI is InChI=1S/C20H23N3O3/c1-26-20-15(11-12-5-4-7-16(12)22-20)19(25)23-18(13-9-14(24)10-13)17-6-2-3-8-21-17/h2-3,6,8,11,13-14,18,24H,4-5,7,9-10H2,1H3,(H,23,25)/t13?,14?,18-/m0/s1. The number of methoxy groups -OCH3 is 1. The molecule has 0 bridgehead atoms. The zero-order valence-corrected chi connectivity index (χ0v) is 14.8. The van der Waals surface area contributed by atoms with Crippen molar-refractivity contribution >= 4 is 5.91 Å². The van der Waals surface area contributed by atoms with E-state index in [1.54, 1.807) is 13.3 Å². The molecular formula is C20H23N3O3. The fraction of sp³-hybridized carbons (Fsp3) is 0.450. The van der Waals surface area contributed by atoms with Gasteiger partial charge in [0, 0.05) is 11.9 Å². The van der Waals surface area contributed by atoms with Crippen molar-refractivity contribution in [1.82, 2.24) is 15.3 Å². The summed E-state index contributed by atoms with van der Waals surface area (Å²) in [5.74, 6) is 0.342. The summed E-state index contributed by atoms with van der Waals surface area (Å²) in [6, 6.07) is 7.35. The Morgan fingerprint density at radius 2 is 2.19 bits per heavy atom. The van der Waals surface area contributed by atoms with E-state index in [-0.39, 0.29) is 24.0 Å². The third-order valence-corrected chi connectivity index (χ3v) is 5.37. The number of fused-ring (bicyclic) bond motifs is 1. The molecule has 0 spiro atoms. The average Bonchev–Trinajstić information content (AvgIpc) is 3.10. The molecule has 136 valence electrons. The number of amides is 1. The Kier molecular flexibility index (Phi) is 4.59. The van der Waals surface area contributed by atoms with E-state index >= 15 is 0 Å². The second-order valence-corrected chi connectivity index (χ2v) is 7.10. The fourth-order valence-corrected chi connectivity index (χ4v) is 3.89. The highest BCUT2D eigenvalue weighted by atomic mass is 16.5. The van der Waals surface area contributed by atoms with Gasteiger partial charge in [0.2, 0.25) is 5.88 Å². The number of aliphatic hydroxyl groups excluding tert-OH is 1. The van der Waals surface area contributed by atoms with Crippen molar-refractivity contribution < 1.29 is 14.6 Å². The zero-order chi connectivity index (χ0) is 18.1. The zero-order valence-electron chi connectivity index (χ0n) is 14.8. The van der Waals surface area contributed by atoms with Crippen LogP contribution in [0.3, 0.4) is 0 Å². The van der Waals surface area contributed by atoms with Gasteiger partial charge in [-0.3, -0.25) is 9.78 Å². The Labute approximate surface area is 152 Å². The van der Waals surface area contributed by atoms with Crippen LogP contribution in [0.15, 0.2) is 30.5 Å². The molecule has 0 aliphatic heterocycles. The maximum absolute atomic E-state index is 13.0. The molecule has 6 heteroatoms. The van der Waals surface area contributed by atoms with Crippen molar-refractivity contribution in [3.8, 4) is 5.88 Å². The van der Waals surface area contributed by atoms with Crippen LogP contribution in [0.4, 0.5) is 0 Å². The van der Waals surface area contributed by atoms with Crippen molar-refractivity contribution in [3.05, 3.63) is 53.0 Å². The van der Waals surface area contributed by atoms with Crippen LogP contribution in [0.1, 0.15) is 52.6 Å². The van der Waals surface area contributed by atoms with E-state index in [4.69, 9.17) is 4.74 Å². The molecule has 4 rings (SSSR count). The SMILES string of the molecule is COc1nc2c(cc1C(=O)N[C@H](c1ccccn1)C1CC(O)C1)CCC2. The number of aliphatic hydroxyl groups is 1. The lowest BCUT2D eigenvalue weighted by molar-refractivity contribution is 0.0228. The second kappa shape index (κ2) is 7.03. The number of carbonyl (C=O) groups excluding carboxylic acids is 1. The summed E-state index contributed by atoms with van der Waals surface area (Å²) in [6.45, 7) is 0. The first-order valence-corrected chi connectivity index (χ1v) is 9.12. The van der Waals surface area contributed by atoms with Gasteiger partial charge >= 0.3 is 0 Å². The normalized spacial score (nSPS) is 22.2. The number of hydrogen-bond donors (Lipinski definition) is 2. The number of rotatable bonds is 5. The number of carbonyl (C=O) groups is 1. The van der Waals surface area contributed by atoms with Crippen molar-refractivity contribution in [2.45, 2.75) is 44.2 Å². The summed E-state index contributed by atoms with van der Waals surface area (Å²) < 4.78 is 5.37. The lowest BCUT2D eigenvalue weighted by Crippen LogP contribution is -2.41. The Morgan fingerprint density at radius 1 is 1.35 bits per heavy atom. The number of nitrogens with zero attached hydrogens (tertiary/aromatic N) is 2. The van der Waals surface area contributed by atoms with E-state index in [1.165, 1.54) is 0 Å². The molecule has 2 aliphatic carbocycles. The van der Waals surface area contributed by atoms with Gasteiger partial charge < -0.3 is 15.2 Å². The molecule has 1 fully saturated rings. The minimum atomic E-state index is -0.292.